The van der Waals surface area contributed by atoms with Crippen LogP contribution in [0.1, 0.15) is 16.7 Å². The zero-order valence-electron chi connectivity index (χ0n) is 13.8. The summed E-state index contributed by atoms with van der Waals surface area (Å²) in [6, 6.07) is -0.0470. The molecule has 0 saturated heterocycles. The molecule has 0 aliphatic heterocycles. The minimum Gasteiger partial charge on any atom is -0.207 e. The van der Waals surface area contributed by atoms with Crippen molar-refractivity contribution in [2.75, 3.05) is 0 Å². The number of hydrogen-bond donors (Lipinski definition) is 1. The third-order valence-corrected chi connectivity index (χ3v) is 4.97. The lowest BCUT2D eigenvalue weighted by Gasteiger charge is -2.15. The molecule has 2 rings (SSSR count). The van der Waals surface area contributed by atoms with Crippen LogP contribution in [0.3, 0.4) is 0 Å². The summed E-state index contributed by atoms with van der Waals surface area (Å²) in [5.74, 6) is -13.4. The molecule has 0 aliphatic rings. The average molecular weight is 473 g/mol. The maximum absolute atomic E-state index is 13.6. The molecule has 2 aromatic rings. The molecule has 1 N–H and O–H groups in total. The van der Waals surface area contributed by atoms with E-state index in [0.29, 0.717) is 0 Å². The summed E-state index contributed by atoms with van der Waals surface area (Å²) in [5.41, 5.74) is -4.59. The number of sulfonamides is 1. The topological polar surface area (TPSA) is 46.2 Å². The van der Waals surface area contributed by atoms with Gasteiger partial charge >= 0.3 is 12.4 Å². The van der Waals surface area contributed by atoms with Crippen molar-refractivity contribution >= 4 is 10.0 Å². The molecule has 0 bridgehead atoms. The molecule has 0 fully saturated rings. The predicted molar refractivity (Wildman–Crippen MR) is 76.7 cm³/mol. The first-order valence-corrected chi connectivity index (χ1v) is 8.74. The van der Waals surface area contributed by atoms with E-state index >= 15 is 0 Å². The first-order valence-electron chi connectivity index (χ1n) is 7.26. The lowest BCUT2D eigenvalue weighted by molar-refractivity contribution is -0.143. The maximum Gasteiger partial charge on any atom is 0.416 e. The summed E-state index contributed by atoms with van der Waals surface area (Å²) in [6.45, 7) is -1.39. The monoisotopic (exact) mass is 473 g/mol. The highest BCUT2D eigenvalue weighted by Gasteiger charge is 2.37. The van der Waals surface area contributed by atoms with Crippen molar-refractivity contribution < 1.29 is 56.7 Å². The van der Waals surface area contributed by atoms with E-state index in [-0.39, 0.29) is 18.2 Å². The Morgan fingerprint density at radius 3 is 1.40 bits per heavy atom. The van der Waals surface area contributed by atoms with E-state index in [9.17, 15) is 56.7 Å². The molecular weight excluding hydrogens is 467 g/mol. The standard InChI is InChI=1S/C15H6F11NO2S/c16-8-9(17)11(19)13(12(20)10(8)18)30(28,29)27-4-5-1-6(14(21,22)23)3-7(2-5)15(24,25)26/h1-3,27H,4H2. The molecule has 3 nitrogen and oxygen atoms in total. The van der Waals surface area contributed by atoms with Crippen molar-refractivity contribution in [2.24, 2.45) is 0 Å². The fourth-order valence-electron chi connectivity index (χ4n) is 2.19. The average Bonchev–Trinajstić information content (AvgIpc) is 2.61. The van der Waals surface area contributed by atoms with Crippen LogP contribution in [0.4, 0.5) is 48.3 Å². The third kappa shape index (κ3) is 4.66. The molecular formula is C15H6F11NO2S. The number of hydrogen-bond acceptors (Lipinski definition) is 2. The van der Waals surface area contributed by atoms with Gasteiger partial charge in [0, 0.05) is 6.54 Å². The molecule has 2 aromatic carbocycles. The second-order valence-electron chi connectivity index (χ2n) is 5.64. The minimum atomic E-state index is -5.59. The molecule has 0 aliphatic carbocycles. The summed E-state index contributed by atoms with van der Waals surface area (Å²) < 4.78 is 168. The SMILES string of the molecule is O=S(=O)(NCc1cc(C(F)(F)F)cc(C(F)(F)F)c1)c1c(F)c(F)c(F)c(F)c1F. The molecule has 0 unspecified atom stereocenters. The Morgan fingerprint density at radius 2 is 1.03 bits per heavy atom. The highest BCUT2D eigenvalue weighted by Crippen LogP contribution is 2.36. The lowest BCUT2D eigenvalue weighted by atomic mass is 10.0. The van der Waals surface area contributed by atoms with Crippen LogP contribution in [-0.4, -0.2) is 8.42 Å². The van der Waals surface area contributed by atoms with Gasteiger partial charge in [-0.2, -0.15) is 26.3 Å². The zero-order chi connectivity index (χ0) is 23.2. The van der Waals surface area contributed by atoms with Gasteiger partial charge in [0.2, 0.25) is 15.8 Å². The van der Waals surface area contributed by atoms with Crippen molar-refractivity contribution in [3.8, 4) is 0 Å². The van der Waals surface area contributed by atoms with E-state index in [1.54, 1.807) is 0 Å². The summed E-state index contributed by atoms with van der Waals surface area (Å²) in [7, 11) is -5.59. The van der Waals surface area contributed by atoms with E-state index < -0.39 is 79.6 Å². The summed E-state index contributed by atoms with van der Waals surface area (Å²) in [5, 5.41) is 0. The van der Waals surface area contributed by atoms with Gasteiger partial charge in [0.1, 0.15) is 0 Å². The van der Waals surface area contributed by atoms with Crippen LogP contribution >= 0.6 is 0 Å². The second kappa shape index (κ2) is 7.68. The first-order chi connectivity index (χ1) is 13.5. The molecule has 0 atom stereocenters. The molecule has 0 amide bonds. The quantitative estimate of drug-likeness (QED) is 0.390. The van der Waals surface area contributed by atoms with Crippen LogP contribution in [0.15, 0.2) is 23.1 Å². The van der Waals surface area contributed by atoms with Gasteiger partial charge in [0.15, 0.2) is 28.2 Å². The van der Waals surface area contributed by atoms with E-state index in [0.717, 1.165) is 0 Å². The molecule has 166 valence electrons. The maximum atomic E-state index is 13.6. The number of rotatable bonds is 4. The lowest BCUT2D eigenvalue weighted by Crippen LogP contribution is -2.27. The van der Waals surface area contributed by atoms with Crippen molar-refractivity contribution in [2.45, 2.75) is 23.8 Å². The second-order valence-corrected chi connectivity index (χ2v) is 7.34. The Balaban J connectivity index is 2.49. The van der Waals surface area contributed by atoms with E-state index in [1.165, 1.54) is 4.72 Å². The van der Waals surface area contributed by atoms with E-state index in [2.05, 4.69) is 0 Å². The minimum absolute atomic E-state index is 0.107. The Morgan fingerprint density at radius 1 is 0.667 bits per heavy atom. The van der Waals surface area contributed by atoms with Crippen molar-refractivity contribution in [3.63, 3.8) is 0 Å². The molecule has 15 heteroatoms. The van der Waals surface area contributed by atoms with Crippen LogP contribution in [0, 0.1) is 29.1 Å². The van der Waals surface area contributed by atoms with E-state index in [1.807, 2.05) is 0 Å². The van der Waals surface area contributed by atoms with Gasteiger partial charge < -0.3 is 0 Å². The number of alkyl halides is 6. The first kappa shape index (κ1) is 23.9. The summed E-state index contributed by atoms with van der Waals surface area (Å²) >= 11 is 0. The zero-order valence-corrected chi connectivity index (χ0v) is 14.6. The fraction of sp³-hybridized carbons (Fsp3) is 0.200. The van der Waals surface area contributed by atoms with Gasteiger partial charge in [0.05, 0.1) is 11.1 Å². The highest BCUT2D eigenvalue weighted by atomic mass is 32.2. The normalized spacial score (nSPS) is 13.0. The Labute approximate surface area is 160 Å². The van der Waals surface area contributed by atoms with Crippen LogP contribution < -0.4 is 4.72 Å². The van der Waals surface area contributed by atoms with Gasteiger partial charge in [-0.15, -0.1) is 0 Å². The summed E-state index contributed by atoms with van der Waals surface area (Å²) in [4.78, 5) is -2.35. The molecule has 0 spiro atoms. The molecule has 0 radical (unpaired) electrons. The van der Waals surface area contributed by atoms with E-state index in [4.69, 9.17) is 0 Å². The molecule has 0 heterocycles. The van der Waals surface area contributed by atoms with Crippen LogP contribution in [-0.2, 0) is 28.9 Å². The summed E-state index contributed by atoms with van der Waals surface area (Å²) in [6.07, 6.45) is -10.5. The largest absolute Gasteiger partial charge is 0.416 e. The van der Waals surface area contributed by atoms with Crippen molar-refractivity contribution in [1.29, 1.82) is 0 Å². The smallest absolute Gasteiger partial charge is 0.207 e. The Kier molecular flexibility index (Phi) is 6.11. The predicted octanol–water partition coefficient (Wildman–Crippen LogP) is 4.90. The van der Waals surface area contributed by atoms with Crippen LogP contribution in [0.25, 0.3) is 0 Å². The van der Waals surface area contributed by atoms with Crippen LogP contribution in [0.5, 0.6) is 0 Å². The highest BCUT2D eigenvalue weighted by molar-refractivity contribution is 7.89. The Hall–Kier alpha value is -2.42. The van der Waals surface area contributed by atoms with Gasteiger partial charge in [0.25, 0.3) is 0 Å². The van der Waals surface area contributed by atoms with Crippen molar-refractivity contribution in [1.82, 2.24) is 4.72 Å². The number of halogens is 11. The fourth-order valence-corrected chi connectivity index (χ4v) is 3.34. The molecule has 0 aromatic heterocycles. The third-order valence-electron chi connectivity index (χ3n) is 3.55. The van der Waals surface area contributed by atoms with Gasteiger partial charge in [-0.25, -0.2) is 35.1 Å². The van der Waals surface area contributed by atoms with Gasteiger partial charge in [-0.05, 0) is 23.8 Å². The molecule has 30 heavy (non-hydrogen) atoms. The molecule has 0 saturated carbocycles. The van der Waals surface area contributed by atoms with Gasteiger partial charge in [-0.3, -0.25) is 0 Å². The Bertz CT molecular complexity index is 1030. The van der Waals surface area contributed by atoms with Crippen LogP contribution in [0.2, 0.25) is 0 Å². The van der Waals surface area contributed by atoms with Crippen molar-refractivity contribution in [3.05, 3.63) is 64.0 Å². The number of benzene rings is 2. The van der Waals surface area contributed by atoms with Gasteiger partial charge in [-0.1, -0.05) is 0 Å². The number of nitrogens with one attached hydrogen (secondary N) is 1.